The Balaban J connectivity index is 2.54. The van der Waals surface area contributed by atoms with Crippen molar-refractivity contribution in [2.45, 2.75) is 72.1 Å². The van der Waals surface area contributed by atoms with Gasteiger partial charge in [-0.05, 0) is 75.4 Å². The molecule has 0 radical (unpaired) electrons. The molecule has 0 aliphatic heterocycles. The SMILES string of the molecule is CCCN(C(=O)C(Cc1ccc(O)cc1)NC(=O)OC(C)(C)C)C(C(=O)NCC(=O)OC)c1ccc(C)c(C)c1. The number of phenols is 1. The van der Waals surface area contributed by atoms with Crippen molar-refractivity contribution in [3.8, 4) is 5.75 Å². The maximum atomic E-state index is 14.2. The zero-order valence-electron chi connectivity index (χ0n) is 24.4. The molecule has 0 saturated heterocycles. The second kappa shape index (κ2) is 14.3. The topological polar surface area (TPSA) is 134 Å². The predicted molar refractivity (Wildman–Crippen MR) is 151 cm³/mol. The van der Waals surface area contributed by atoms with Crippen molar-refractivity contribution in [1.29, 1.82) is 0 Å². The number of nitrogens with one attached hydrogen (secondary N) is 2. The molecule has 0 heterocycles. The molecule has 2 aromatic rings. The summed E-state index contributed by atoms with van der Waals surface area (Å²) in [6, 6.07) is 9.60. The molecule has 0 aliphatic rings. The molecule has 2 unspecified atom stereocenters. The van der Waals surface area contributed by atoms with Crippen LogP contribution >= 0.6 is 0 Å². The van der Waals surface area contributed by atoms with E-state index in [9.17, 15) is 24.3 Å². The van der Waals surface area contributed by atoms with Crippen molar-refractivity contribution in [3.05, 3.63) is 64.7 Å². The minimum Gasteiger partial charge on any atom is -0.508 e. The zero-order chi connectivity index (χ0) is 30.0. The summed E-state index contributed by atoms with van der Waals surface area (Å²) in [6.45, 7) is 10.7. The molecule has 3 N–H and O–H groups in total. The van der Waals surface area contributed by atoms with Gasteiger partial charge in [0.2, 0.25) is 11.8 Å². The standard InChI is InChI=1S/C30H41N3O7/c1-8-15-33(26(27(36)31-18-25(35)39-7)22-12-9-19(2)20(3)16-22)28(37)24(32-29(38)40-30(4,5)6)17-21-10-13-23(34)14-11-21/h9-14,16,24,26,34H,8,15,17-18H2,1-7H3,(H,31,36)(H,32,38). The molecule has 2 atom stereocenters. The van der Waals surface area contributed by atoms with E-state index in [1.165, 1.54) is 24.1 Å². The molecule has 0 saturated carbocycles. The number of carbonyl (C=O) groups excluding carboxylic acids is 4. The maximum Gasteiger partial charge on any atom is 0.408 e. The number of aryl methyl sites for hydroxylation is 2. The van der Waals surface area contributed by atoms with Gasteiger partial charge < -0.3 is 30.1 Å². The van der Waals surface area contributed by atoms with Crippen LogP contribution in [0.3, 0.4) is 0 Å². The predicted octanol–water partition coefficient (Wildman–Crippen LogP) is 3.71. The summed E-state index contributed by atoms with van der Waals surface area (Å²) in [7, 11) is 1.22. The number of benzene rings is 2. The number of esters is 1. The summed E-state index contributed by atoms with van der Waals surface area (Å²) in [5, 5.41) is 15.0. The molecule has 0 bridgehead atoms. The third kappa shape index (κ3) is 9.59. The van der Waals surface area contributed by atoms with Gasteiger partial charge >= 0.3 is 12.1 Å². The number of nitrogens with zero attached hydrogens (tertiary/aromatic N) is 1. The molecule has 2 aromatic carbocycles. The van der Waals surface area contributed by atoms with Gasteiger partial charge in [-0.2, -0.15) is 0 Å². The lowest BCUT2D eigenvalue weighted by molar-refractivity contribution is -0.144. The summed E-state index contributed by atoms with van der Waals surface area (Å²) < 4.78 is 10.1. The molecule has 10 nitrogen and oxygen atoms in total. The molecular formula is C30H41N3O7. The van der Waals surface area contributed by atoms with E-state index in [0.29, 0.717) is 17.5 Å². The van der Waals surface area contributed by atoms with Gasteiger partial charge in [0.1, 0.15) is 30.0 Å². The Hall–Kier alpha value is -4.08. The fraction of sp³-hybridized carbons (Fsp3) is 0.467. The van der Waals surface area contributed by atoms with E-state index < -0.39 is 41.6 Å². The molecule has 0 aliphatic carbocycles. The Kier molecular flexibility index (Phi) is 11.5. The van der Waals surface area contributed by atoms with Crippen LogP contribution in [0.2, 0.25) is 0 Å². The summed E-state index contributed by atoms with van der Waals surface area (Å²) >= 11 is 0. The molecule has 0 spiro atoms. The quantitative estimate of drug-likeness (QED) is 0.360. The highest BCUT2D eigenvalue weighted by molar-refractivity contribution is 5.93. The number of aromatic hydroxyl groups is 1. The average Bonchev–Trinajstić information content (AvgIpc) is 2.88. The first-order valence-corrected chi connectivity index (χ1v) is 13.2. The zero-order valence-corrected chi connectivity index (χ0v) is 24.4. The van der Waals surface area contributed by atoms with Gasteiger partial charge in [-0.1, -0.05) is 37.3 Å². The third-order valence-corrected chi connectivity index (χ3v) is 6.15. The van der Waals surface area contributed by atoms with Crippen molar-refractivity contribution in [3.63, 3.8) is 0 Å². The number of rotatable bonds is 11. The lowest BCUT2D eigenvalue weighted by atomic mass is 9.97. The van der Waals surface area contributed by atoms with Crippen LogP contribution in [0.4, 0.5) is 4.79 Å². The van der Waals surface area contributed by atoms with Crippen molar-refractivity contribution in [1.82, 2.24) is 15.5 Å². The first-order valence-electron chi connectivity index (χ1n) is 13.2. The Morgan fingerprint density at radius 3 is 2.20 bits per heavy atom. The maximum absolute atomic E-state index is 14.2. The first kappa shape index (κ1) is 32.1. The molecule has 0 aromatic heterocycles. The van der Waals surface area contributed by atoms with Gasteiger partial charge in [-0.3, -0.25) is 14.4 Å². The molecular weight excluding hydrogens is 514 g/mol. The monoisotopic (exact) mass is 555 g/mol. The van der Waals surface area contributed by atoms with Crippen LogP contribution in [-0.2, 0) is 30.3 Å². The Morgan fingerprint density at radius 1 is 1.00 bits per heavy atom. The summed E-state index contributed by atoms with van der Waals surface area (Å²) in [6.07, 6.45) is -0.170. The molecule has 10 heteroatoms. The van der Waals surface area contributed by atoms with Crippen LogP contribution < -0.4 is 10.6 Å². The van der Waals surface area contributed by atoms with E-state index in [0.717, 1.165) is 11.1 Å². The Bertz CT molecular complexity index is 1190. The fourth-order valence-electron chi connectivity index (χ4n) is 4.06. The van der Waals surface area contributed by atoms with E-state index in [1.807, 2.05) is 32.9 Å². The third-order valence-electron chi connectivity index (χ3n) is 6.15. The smallest absolute Gasteiger partial charge is 0.408 e. The second-order valence-corrected chi connectivity index (χ2v) is 10.6. The molecule has 0 fully saturated rings. The van der Waals surface area contributed by atoms with Crippen LogP contribution in [0.25, 0.3) is 0 Å². The highest BCUT2D eigenvalue weighted by atomic mass is 16.6. The summed E-state index contributed by atoms with van der Waals surface area (Å²) in [5.74, 6) is -1.62. The average molecular weight is 556 g/mol. The van der Waals surface area contributed by atoms with E-state index in [4.69, 9.17) is 4.74 Å². The molecule has 218 valence electrons. The van der Waals surface area contributed by atoms with Crippen LogP contribution in [0.15, 0.2) is 42.5 Å². The minimum atomic E-state index is -1.09. The Labute approximate surface area is 236 Å². The number of amides is 3. The first-order chi connectivity index (χ1) is 18.7. The van der Waals surface area contributed by atoms with Crippen LogP contribution in [0, 0.1) is 13.8 Å². The van der Waals surface area contributed by atoms with Gasteiger partial charge in [0, 0.05) is 13.0 Å². The molecule has 40 heavy (non-hydrogen) atoms. The number of alkyl carbamates (subject to hydrolysis) is 1. The Morgan fingerprint density at radius 2 is 1.65 bits per heavy atom. The van der Waals surface area contributed by atoms with Gasteiger partial charge in [0.15, 0.2) is 0 Å². The molecule has 3 amide bonds. The van der Waals surface area contributed by atoms with Gasteiger partial charge in [-0.25, -0.2) is 4.79 Å². The summed E-state index contributed by atoms with van der Waals surface area (Å²) in [4.78, 5) is 53.7. The largest absolute Gasteiger partial charge is 0.508 e. The van der Waals surface area contributed by atoms with Crippen molar-refractivity contribution in [2.24, 2.45) is 0 Å². The van der Waals surface area contributed by atoms with Crippen molar-refractivity contribution < 1.29 is 33.8 Å². The van der Waals surface area contributed by atoms with Gasteiger partial charge in [0.05, 0.1) is 7.11 Å². The number of carbonyl (C=O) groups is 4. The normalized spacial score (nSPS) is 12.6. The van der Waals surface area contributed by atoms with E-state index >= 15 is 0 Å². The van der Waals surface area contributed by atoms with Gasteiger partial charge in [0.25, 0.3) is 0 Å². The number of methoxy groups -OCH3 is 1. The second-order valence-electron chi connectivity index (χ2n) is 10.6. The van der Waals surface area contributed by atoms with Crippen molar-refractivity contribution >= 4 is 23.9 Å². The minimum absolute atomic E-state index is 0.0661. The van der Waals surface area contributed by atoms with E-state index in [1.54, 1.807) is 39.0 Å². The van der Waals surface area contributed by atoms with Crippen LogP contribution in [0.5, 0.6) is 5.75 Å². The van der Waals surface area contributed by atoms with Crippen LogP contribution in [-0.4, -0.2) is 65.7 Å². The van der Waals surface area contributed by atoms with E-state index in [-0.39, 0.29) is 25.3 Å². The van der Waals surface area contributed by atoms with Crippen molar-refractivity contribution in [2.75, 3.05) is 20.2 Å². The highest BCUT2D eigenvalue weighted by Crippen LogP contribution is 2.26. The summed E-state index contributed by atoms with van der Waals surface area (Å²) in [5.41, 5.74) is 2.39. The number of phenolic OH excluding ortho intramolecular Hbond substituents is 1. The van der Waals surface area contributed by atoms with Crippen LogP contribution in [0.1, 0.15) is 62.4 Å². The lowest BCUT2D eigenvalue weighted by Gasteiger charge is -2.34. The lowest BCUT2D eigenvalue weighted by Crippen LogP contribution is -2.54. The number of hydrogen-bond acceptors (Lipinski definition) is 7. The number of ether oxygens (including phenoxy) is 2. The van der Waals surface area contributed by atoms with E-state index in [2.05, 4.69) is 15.4 Å². The highest BCUT2D eigenvalue weighted by Gasteiger charge is 2.36. The molecule has 2 rings (SSSR count). The fourth-order valence-corrected chi connectivity index (χ4v) is 4.06. The van der Waals surface area contributed by atoms with Gasteiger partial charge in [-0.15, -0.1) is 0 Å². The number of hydrogen-bond donors (Lipinski definition) is 3.